The number of hydrogen-bond donors (Lipinski definition) is 1. The summed E-state index contributed by atoms with van der Waals surface area (Å²) < 4.78 is 0. The van der Waals surface area contributed by atoms with Crippen molar-refractivity contribution in [3.63, 3.8) is 0 Å². The van der Waals surface area contributed by atoms with Crippen LogP contribution >= 0.6 is 46.6 Å². The smallest absolute Gasteiger partial charge is 0.188 e. The van der Waals surface area contributed by atoms with Crippen molar-refractivity contribution in [1.82, 2.24) is 9.97 Å². The summed E-state index contributed by atoms with van der Waals surface area (Å²) in [4.78, 5) is 8.02. The largest absolute Gasteiger partial charge is 0.326 e. The molecule has 0 radical (unpaired) electrons. The SMILES string of the molecule is CSc1ncc(CN)c(Cl)n1.Clc1cccc(Cl)c1. The summed E-state index contributed by atoms with van der Waals surface area (Å²) in [6.07, 6.45) is 3.55. The van der Waals surface area contributed by atoms with E-state index < -0.39 is 0 Å². The van der Waals surface area contributed by atoms with E-state index in [1.165, 1.54) is 11.8 Å². The minimum absolute atomic E-state index is 0.382. The van der Waals surface area contributed by atoms with E-state index in [0.29, 0.717) is 26.9 Å². The van der Waals surface area contributed by atoms with Crippen molar-refractivity contribution in [1.29, 1.82) is 0 Å². The first-order valence-corrected chi connectivity index (χ1v) is 7.59. The highest BCUT2D eigenvalue weighted by atomic mass is 35.5. The van der Waals surface area contributed by atoms with Crippen molar-refractivity contribution >= 4 is 46.6 Å². The van der Waals surface area contributed by atoms with Gasteiger partial charge in [0.15, 0.2) is 5.16 Å². The molecule has 0 saturated carbocycles. The summed E-state index contributed by atoms with van der Waals surface area (Å²) in [7, 11) is 0. The third-order valence-corrected chi connectivity index (χ3v) is 3.34. The van der Waals surface area contributed by atoms with Crippen LogP contribution in [0.25, 0.3) is 0 Å². The molecule has 0 bridgehead atoms. The third-order valence-electron chi connectivity index (χ3n) is 1.98. The summed E-state index contributed by atoms with van der Waals surface area (Å²) in [5, 5.41) is 2.48. The zero-order valence-corrected chi connectivity index (χ0v) is 13.2. The monoisotopic (exact) mass is 335 g/mol. The molecule has 0 saturated heterocycles. The molecule has 19 heavy (non-hydrogen) atoms. The van der Waals surface area contributed by atoms with Crippen LogP contribution in [0.15, 0.2) is 35.6 Å². The topological polar surface area (TPSA) is 51.8 Å². The van der Waals surface area contributed by atoms with Crippen LogP contribution in [0.2, 0.25) is 15.2 Å². The molecule has 1 aromatic heterocycles. The number of benzene rings is 1. The lowest BCUT2D eigenvalue weighted by atomic mass is 10.3. The van der Waals surface area contributed by atoms with Crippen molar-refractivity contribution < 1.29 is 0 Å². The second kappa shape index (κ2) is 8.61. The van der Waals surface area contributed by atoms with Gasteiger partial charge in [-0.3, -0.25) is 0 Å². The van der Waals surface area contributed by atoms with Gasteiger partial charge >= 0.3 is 0 Å². The Balaban J connectivity index is 0.000000200. The molecular formula is C12H12Cl3N3S. The molecule has 2 rings (SSSR count). The Bertz CT molecular complexity index is 520. The van der Waals surface area contributed by atoms with Crippen molar-refractivity contribution in [3.05, 3.63) is 51.2 Å². The lowest BCUT2D eigenvalue weighted by Gasteiger charge is -1.99. The van der Waals surface area contributed by atoms with Crippen LogP contribution in [0.5, 0.6) is 0 Å². The van der Waals surface area contributed by atoms with Crippen LogP contribution in [-0.2, 0) is 6.54 Å². The number of nitrogens with zero attached hydrogens (tertiary/aromatic N) is 2. The fourth-order valence-electron chi connectivity index (χ4n) is 1.07. The Morgan fingerprint density at radius 2 is 1.84 bits per heavy atom. The quantitative estimate of drug-likeness (QED) is 0.504. The van der Waals surface area contributed by atoms with Gasteiger partial charge in [-0.1, -0.05) is 52.6 Å². The average Bonchev–Trinajstić information content (AvgIpc) is 2.39. The first kappa shape index (κ1) is 16.5. The van der Waals surface area contributed by atoms with Gasteiger partial charge in [-0.2, -0.15) is 0 Å². The molecule has 2 aromatic rings. The summed E-state index contributed by atoms with van der Waals surface area (Å²) in [5.41, 5.74) is 6.15. The second-order valence-corrected chi connectivity index (χ2v) is 5.32. The molecular weight excluding hydrogens is 325 g/mol. The molecule has 0 aliphatic heterocycles. The maximum absolute atomic E-state index is 5.76. The Hall–Kier alpha value is -0.520. The van der Waals surface area contributed by atoms with Crippen molar-refractivity contribution in [2.24, 2.45) is 5.73 Å². The van der Waals surface area contributed by atoms with Crippen LogP contribution in [-0.4, -0.2) is 16.2 Å². The fraction of sp³-hybridized carbons (Fsp3) is 0.167. The van der Waals surface area contributed by atoms with Crippen molar-refractivity contribution in [2.45, 2.75) is 11.7 Å². The van der Waals surface area contributed by atoms with E-state index in [-0.39, 0.29) is 0 Å². The Morgan fingerprint density at radius 1 is 1.21 bits per heavy atom. The second-order valence-electron chi connectivity index (χ2n) is 3.32. The van der Waals surface area contributed by atoms with Gasteiger partial charge < -0.3 is 5.73 Å². The first-order chi connectivity index (χ1) is 9.06. The predicted octanol–water partition coefficient (Wildman–Crippen LogP) is 4.30. The highest BCUT2D eigenvalue weighted by molar-refractivity contribution is 7.98. The lowest BCUT2D eigenvalue weighted by molar-refractivity contribution is 0.916. The van der Waals surface area contributed by atoms with Gasteiger partial charge in [-0.15, -0.1) is 0 Å². The van der Waals surface area contributed by atoms with E-state index in [1.807, 2.05) is 12.3 Å². The predicted molar refractivity (Wildman–Crippen MR) is 83.2 cm³/mol. The zero-order valence-electron chi connectivity index (χ0n) is 10.1. The highest BCUT2D eigenvalue weighted by Crippen LogP contribution is 2.15. The van der Waals surface area contributed by atoms with Crippen LogP contribution in [0.1, 0.15) is 5.56 Å². The maximum atomic E-state index is 5.76. The van der Waals surface area contributed by atoms with Gasteiger partial charge in [0.2, 0.25) is 0 Å². The van der Waals surface area contributed by atoms with Crippen LogP contribution in [0, 0.1) is 0 Å². The average molecular weight is 337 g/mol. The number of rotatable bonds is 2. The van der Waals surface area contributed by atoms with E-state index in [4.69, 9.17) is 40.5 Å². The first-order valence-electron chi connectivity index (χ1n) is 5.23. The summed E-state index contributed by atoms with van der Waals surface area (Å²) in [6, 6.07) is 7.08. The summed E-state index contributed by atoms with van der Waals surface area (Å²) >= 11 is 18.3. The Kier molecular flexibility index (Phi) is 7.49. The standard InChI is InChI=1S/C6H4Cl2.C6H8ClN3S/c7-5-2-1-3-6(8)4-5;1-11-6-9-3-4(2-8)5(7)10-6/h1-4H;3H,2,8H2,1H3. The summed E-state index contributed by atoms with van der Waals surface area (Å²) in [6.45, 7) is 0.382. The molecule has 0 unspecified atom stereocenters. The maximum Gasteiger partial charge on any atom is 0.188 e. The molecule has 0 fully saturated rings. The molecule has 0 spiro atoms. The minimum atomic E-state index is 0.382. The molecule has 0 atom stereocenters. The van der Waals surface area contributed by atoms with Gasteiger partial charge in [-0.25, -0.2) is 9.97 Å². The molecule has 102 valence electrons. The van der Waals surface area contributed by atoms with E-state index in [1.54, 1.807) is 24.4 Å². The van der Waals surface area contributed by atoms with E-state index in [2.05, 4.69) is 9.97 Å². The molecule has 0 amide bonds. The van der Waals surface area contributed by atoms with Crippen LogP contribution < -0.4 is 5.73 Å². The summed E-state index contributed by atoms with van der Waals surface area (Å²) in [5.74, 6) is 0. The number of halogens is 3. The number of thioether (sulfide) groups is 1. The molecule has 0 aliphatic rings. The molecule has 1 aromatic carbocycles. The van der Waals surface area contributed by atoms with Crippen molar-refractivity contribution in [2.75, 3.05) is 6.26 Å². The zero-order chi connectivity index (χ0) is 14.3. The fourth-order valence-corrected chi connectivity index (χ4v) is 2.10. The van der Waals surface area contributed by atoms with Gasteiger partial charge in [-0.05, 0) is 24.5 Å². The normalized spacial score (nSPS) is 9.74. The van der Waals surface area contributed by atoms with Gasteiger partial charge in [0.25, 0.3) is 0 Å². The number of aromatic nitrogens is 2. The van der Waals surface area contributed by atoms with Gasteiger partial charge in [0.05, 0.1) is 0 Å². The molecule has 2 N–H and O–H groups in total. The Morgan fingerprint density at radius 3 is 2.21 bits per heavy atom. The van der Waals surface area contributed by atoms with Crippen molar-refractivity contribution in [3.8, 4) is 0 Å². The van der Waals surface area contributed by atoms with Gasteiger partial charge in [0.1, 0.15) is 5.15 Å². The van der Waals surface area contributed by atoms with E-state index in [0.717, 1.165) is 5.56 Å². The lowest BCUT2D eigenvalue weighted by Crippen LogP contribution is -2.00. The molecule has 0 aliphatic carbocycles. The van der Waals surface area contributed by atoms with Crippen LogP contribution in [0.3, 0.4) is 0 Å². The molecule has 1 heterocycles. The van der Waals surface area contributed by atoms with Crippen LogP contribution in [0.4, 0.5) is 0 Å². The molecule has 3 nitrogen and oxygen atoms in total. The molecule has 7 heteroatoms. The van der Waals surface area contributed by atoms with E-state index in [9.17, 15) is 0 Å². The third kappa shape index (κ3) is 5.97. The Labute approximate surface area is 131 Å². The minimum Gasteiger partial charge on any atom is -0.326 e. The van der Waals surface area contributed by atoms with Gasteiger partial charge in [0, 0.05) is 28.4 Å². The number of hydrogen-bond acceptors (Lipinski definition) is 4. The number of nitrogens with two attached hydrogens (primary N) is 1. The van der Waals surface area contributed by atoms with E-state index >= 15 is 0 Å². The highest BCUT2D eigenvalue weighted by Gasteiger charge is 2.01.